The van der Waals surface area contributed by atoms with Crippen LogP contribution in [0, 0.1) is 0 Å². The second-order valence-corrected chi connectivity index (χ2v) is 5.93. The molecular weight excluding hydrogens is 330 g/mol. The molecule has 0 saturated heterocycles. The average molecular weight is 355 g/mol. The number of rotatable bonds is 8. The molecule has 0 aliphatic heterocycles. The van der Waals surface area contributed by atoms with Crippen LogP contribution in [-0.2, 0) is 0 Å². The fourth-order valence-corrected chi connectivity index (χ4v) is 2.64. The number of benzene rings is 2. The molecule has 0 spiro atoms. The number of unbranched alkanes of at least 4 members (excludes halogenated alkanes) is 2. The average Bonchev–Trinajstić information content (AvgIpc) is 2.70. The molecule has 0 fully saturated rings. The lowest BCUT2D eigenvalue weighted by Crippen LogP contribution is -2.37. The largest absolute Gasteiger partial charge is 0.497 e. The lowest BCUT2D eigenvalue weighted by atomic mass is 10.1. The van der Waals surface area contributed by atoms with Crippen LogP contribution >= 0.6 is 0 Å². The predicted octanol–water partition coefficient (Wildman–Crippen LogP) is 4.18. The van der Waals surface area contributed by atoms with E-state index in [0.29, 0.717) is 29.2 Å². The maximum atomic E-state index is 13.0. The second-order valence-electron chi connectivity index (χ2n) is 5.93. The summed E-state index contributed by atoms with van der Waals surface area (Å²) in [6.45, 7) is 2.46. The van der Waals surface area contributed by atoms with Gasteiger partial charge in [0, 0.05) is 17.7 Å². The fourth-order valence-electron chi connectivity index (χ4n) is 2.64. The van der Waals surface area contributed by atoms with E-state index in [1.807, 2.05) is 0 Å². The molecule has 5 nitrogen and oxygen atoms in total. The van der Waals surface area contributed by atoms with Gasteiger partial charge >= 0.3 is 0 Å². The monoisotopic (exact) mass is 355 g/mol. The number of carbonyl (C=O) groups is 2. The van der Waals surface area contributed by atoms with Crippen LogP contribution in [0.2, 0.25) is 0 Å². The van der Waals surface area contributed by atoms with Gasteiger partial charge in [0.1, 0.15) is 11.5 Å². The maximum Gasteiger partial charge on any atom is 0.260 e. The van der Waals surface area contributed by atoms with Gasteiger partial charge in [-0.3, -0.25) is 14.5 Å². The lowest BCUT2D eigenvalue weighted by molar-refractivity contribution is 0.0613. The van der Waals surface area contributed by atoms with Gasteiger partial charge in [0.05, 0.1) is 14.2 Å². The number of methoxy groups -OCH3 is 2. The van der Waals surface area contributed by atoms with Gasteiger partial charge in [-0.2, -0.15) is 0 Å². The maximum absolute atomic E-state index is 13.0. The smallest absolute Gasteiger partial charge is 0.260 e. The molecule has 138 valence electrons. The van der Waals surface area contributed by atoms with Crippen LogP contribution in [0.3, 0.4) is 0 Å². The van der Waals surface area contributed by atoms with E-state index in [1.165, 1.54) is 4.90 Å². The van der Waals surface area contributed by atoms with Crippen molar-refractivity contribution in [2.45, 2.75) is 26.2 Å². The molecule has 0 radical (unpaired) electrons. The summed E-state index contributed by atoms with van der Waals surface area (Å²) in [5.41, 5.74) is 0.856. The zero-order chi connectivity index (χ0) is 18.9. The van der Waals surface area contributed by atoms with Crippen molar-refractivity contribution in [3.63, 3.8) is 0 Å². The van der Waals surface area contributed by atoms with Gasteiger partial charge in [-0.1, -0.05) is 31.9 Å². The minimum atomic E-state index is -0.326. The molecule has 0 unspecified atom stereocenters. The third-order valence-electron chi connectivity index (χ3n) is 4.11. The van der Waals surface area contributed by atoms with Crippen molar-refractivity contribution in [2.24, 2.45) is 0 Å². The normalized spacial score (nSPS) is 10.3. The topological polar surface area (TPSA) is 55.8 Å². The summed E-state index contributed by atoms with van der Waals surface area (Å²) in [5, 5.41) is 0. The Labute approximate surface area is 154 Å². The number of amides is 2. The zero-order valence-electron chi connectivity index (χ0n) is 15.5. The summed E-state index contributed by atoms with van der Waals surface area (Å²) in [6.07, 6.45) is 2.73. The summed E-state index contributed by atoms with van der Waals surface area (Å²) in [7, 11) is 3.09. The van der Waals surface area contributed by atoms with E-state index in [2.05, 4.69) is 6.92 Å². The lowest BCUT2D eigenvalue weighted by Gasteiger charge is -2.21. The third-order valence-corrected chi connectivity index (χ3v) is 4.11. The SMILES string of the molecule is CCCCCN(C(=O)c1cccc(OC)c1)C(=O)c1cccc(OC)c1. The molecule has 0 atom stereocenters. The van der Waals surface area contributed by atoms with Crippen LogP contribution < -0.4 is 9.47 Å². The van der Waals surface area contributed by atoms with E-state index in [-0.39, 0.29) is 11.8 Å². The van der Waals surface area contributed by atoms with Crippen molar-refractivity contribution in [1.82, 2.24) is 4.90 Å². The zero-order valence-corrected chi connectivity index (χ0v) is 15.5. The Morgan fingerprint density at radius 3 is 1.77 bits per heavy atom. The van der Waals surface area contributed by atoms with Crippen LogP contribution in [0.4, 0.5) is 0 Å². The van der Waals surface area contributed by atoms with Crippen molar-refractivity contribution in [2.75, 3.05) is 20.8 Å². The Morgan fingerprint density at radius 1 is 0.846 bits per heavy atom. The first-order valence-electron chi connectivity index (χ1n) is 8.75. The number of nitrogens with zero attached hydrogens (tertiary/aromatic N) is 1. The fraction of sp³-hybridized carbons (Fsp3) is 0.333. The van der Waals surface area contributed by atoms with Gasteiger partial charge in [-0.25, -0.2) is 0 Å². The van der Waals surface area contributed by atoms with E-state index >= 15 is 0 Å². The molecule has 5 heteroatoms. The van der Waals surface area contributed by atoms with Crippen LogP contribution in [0.25, 0.3) is 0 Å². The molecule has 0 N–H and O–H groups in total. The van der Waals surface area contributed by atoms with Crippen LogP contribution in [0.5, 0.6) is 11.5 Å². The highest BCUT2D eigenvalue weighted by Gasteiger charge is 2.24. The second kappa shape index (κ2) is 9.61. The summed E-state index contributed by atoms with van der Waals surface area (Å²) < 4.78 is 10.4. The first-order chi connectivity index (χ1) is 12.6. The highest BCUT2D eigenvalue weighted by Crippen LogP contribution is 2.19. The molecule has 2 aromatic rings. The van der Waals surface area contributed by atoms with Crippen molar-refractivity contribution in [1.29, 1.82) is 0 Å². The predicted molar refractivity (Wildman–Crippen MR) is 101 cm³/mol. The Balaban J connectivity index is 2.31. The summed E-state index contributed by atoms with van der Waals surface area (Å²) in [4.78, 5) is 27.3. The minimum absolute atomic E-state index is 0.326. The summed E-state index contributed by atoms with van der Waals surface area (Å²) in [5.74, 6) is 0.511. The standard InChI is InChI=1S/C21H25NO4/c1-4-5-6-13-22(20(23)16-9-7-11-18(14-16)25-2)21(24)17-10-8-12-19(15-17)26-3/h7-12,14-15H,4-6,13H2,1-3H3. The molecule has 0 aliphatic rings. The van der Waals surface area contributed by atoms with Gasteiger partial charge in [0.2, 0.25) is 0 Å². The summed E-state index contributed by atoms with van der Waals surface area (Å²) >= 11 is 0. The van der Waals surface area contributed by atoms with E-state index in [1.54, 1.807) is 62.8 Å². The first kappa shape index (κ1) is 19.5. The van der Waals surface area contributed by atoms with Gasteiger partial charge in [-0.15, -0.1) is 0 Å². The van der Waals surface area contributed by atoms with Gasteiger partial charge < -0.3 is 9.47 Å². The van der Waals surface area contributed by atoms with Crippen molar-refractivity contribution in [3.8, 4) is 11.5 Å². The molecular formula is C21H25NO4. The van der Waals surface area contributed by atoms with Crippen molar-refractivity contribution in [3.05, 3.63) is 59.7 Å². The highest BCUT2D eigenvalue weighted by molar-refractivity contribution is 6.10. The molecule has 0 bridgehead atoms. The van der Waals surface area contributed by atoms with Gasteiger partial charge in [-0.05, 0) is 42.8 Å². The molecule has 0 aliphatic carbocycles. The molecule has 2 amide bonds. The minimum Gasteiger partial charge on any atom is -0.497 e. The van der Waals surface area contributed by atoms with E-state index < -0.39 is 0 Å². The first-order valence-corrected chi connectivity index (χ1v) is 8.75. The number of ether oxygens (including phenoxy) is 2. The number of imide groups is 1. The van der Waals surface area contributed by atoms with E-state index in [9.17, 15) is 9.59 Å². The Bertz CT molecular complexity index is 698. The Morgan fingerprint density at radius 2 is 1.35 bits per heavy atom. The van der Waals surface area contributed by atoms with E-state index in [4.69, 9.17) is 9.47 Å². The molecule has 26 heavy (non-hydrogen) atoms. The van der Waals surface area contributed by atoms with Gasteiger partial charge in [0.25, 0.3) is 11.8 Å². The molecule has 0 heterocycles. The number of carbonyl (C=O) groups excluding carboxylic acids is 2. The van der Waals surface area contributed by atoms with Crippen molar-refractivity contribution >= 4 is 11.8 Å². The highest BCUT2D eigenvalue weighted by atomic mass is 16.5. The third kappa shape index (κ3) is 4.85. The molecule has 0 saturated carbocycles. The quantitative estimate of drug-likeness (QED) is 0.527. The van der Waals surface area contributed by atoms with Crippen LogP contribution in [0.1, 0.15) is 46.9 Å². The number of hydrogen-bond acceptors (Lipinski definition) is 4. The van der Waals surface area contributed by atoms with Crippen LogP contribution in [-0.4, -0.2) is 37.5 Å². The van der Waals surface area contributed by atoms with Crippen LogP contribution in [0.15, 0.2) is 48.5 Å². The molecule has 2 rings (SSSR count). The Kier molecular flexibility index (Phi) is 7.21. The summed E-state index contributed by atoms with van der Waals surface area (Å²) in [6, 6.07) is 13.7. The Hall–Kier alpha value is -2.82. The number of hydrogen-bond donors (Lipinski definition) is 0. The van der Waals surface area contributed by atoms with Crippen molar-refractivity contribution < 1.29 is 19.1 Å². The molecule has 2 aromatic carbocycles. The van der Waals surface area contributed by atoms with Gasteiger partial charge in [0.15, 0.2) is 0 Å². The molecule has 0 aromatic heterocycles. The van der Waals surface area contributed by atoms with E-state index in [0.717, 1.165) is 19.3 Å².